The van der Waals surface area contributed by atoms with Gasteiger partial charge in [-0.2, -0.15) is 13.2 Å². The molecular formula is C27H35F4N3O4S2. The molecule has 1 aliphatic heterocycles. The second-order valence-electron chi connectivity index (χ2n) is 11.6. The lowest BCUT2D eigenvalue weighted by molar-refractivity contribution is -0.139. The summed E-state index contributed by atoms with van der Waals surface area (Å²) in [6.45, 7) is 5.59. The number of hydrogen-bond acceptors (Lipinski definition) is 6. The molecule has 0 bridgehead atoms. The number of thiazole rings is 1. The Morgan fingerprint density at radius 1 is 1.12 bits per heavy atom. The van der Waals surface area contributed by atoms with Crippen molar-refractivity contribution >= 4 is 27.3 Å². The van der Waals surface area contributed by atoms with Crippen LogP contribution < -0.4 is 10.0 Å². The van der Waals surface area contributed by atoms with Gasteiger partial charge in [0.1, 0.15) is 5.67 Å². The second-order valence-corrected chi connectivity index (χ2v) is 14.3. The number of hydrogen-bond donors (Lipinski definition) is 2. The molecule has 4 rings (SSSR count). The largest absolute Gasteiger partial charge is 0.417 e. The van der Waals surface area contributed by atoms with E-state index < -0.39 is 43.8 Å². The lowest BCUT2D eigenvalue weighted by Crippen LogP contribution is -2.41. The van der Waals surface area contributed by atoms with Crippen molar-refractivity contribution < 1.29 is 35.5 Å². The first kappa shape index (κ1) is 30.9. The van der Waals surface area contributed by atoms with E-state index in [1.807, 2.05) is 0 Å². The van der Waals surface area contributed by atoms with Crippen molar-refractivity contribution in [1.29, 1.82) is 0 Å². The molecule has 2 aliphatic rings. The van der Waals surface area contributed by atoms with Gasteiger partial charge >= 0.3 is 6.18 Å². The number of carbonyl (C=O) groups excluding carboxylic acids is 1. The van der Waals surface area contributed by atoms with E-state index in [-0.39, 0.29) is 33.6 Å². The Bertz CT molecular complexity index is 1320. The highest BCUT2D eigenvalue weighted by molar-refractivity contribution is 7.89. The van der Waals surface area contributed by atoms with E-state index in [1.54, 1.807) is 0 Å². The number of carbonyl (C=O) groups is 1. The van der Waals surface area contributed by atoms with Crippen LogP contribution in [0.3, 0.4) is 0 Å². The molecule has 1 aromatic heterocycles. The van der Waals surface area contributed by atoms with Crippen LogP contribution in [0.5, 0.6) is 0 Å². The topological polar surface area (TPSA) is 97.4 Å². The second kappa shape index (κ2) is 11.7. The van der Waals surface area contributed by atoms with E-state index in [0.717, 1.165) is 29.9 Å². The summed E-state index contributed by atoms with van der Waals surface area (Å²) < 4.78 is 91.7. The van der Waals surface area contributed by atoms with Crippen LogP contribution in [-0.4, -0.2) is 49.8 Å². The standard InChI is InChI=1S/C27H35F4N3O4S2/c1-25(2,3)34-40(36,37)21-8-7-17(15-19(21)27(29,30)31)22-20(16-26(28)11-5-4-6-12-26)33-24(39-22)23(35)32-18-9-13-38-14-10-18/h7-8,15,18,34H,4-6,9-14,16H2,1-3H3,(H,32,35). The Morgan fingerprint density at radius 2 is 1.77 bits per heavy atom. The first-order valence-corrected chi connectivity index (χ1v) is 15.7. The average molecular weight is 606 g/mol. The predicted molar refractivity (Wildman–Crippen MR) is 145 cm³/mol. The molecule has 2 fully saturated rings. The minimum Gasteiger partial charge on any atom is -0.381 e. The minimum atomic E-state index is -4.99. The third-order valence-corrected chi connectivity index (χ3v) is 9.92. The number of ether oxygens (including phenoxy) is 1. The lowest BCUT2D eigenvalue weighted by Gasteiger charge is -2.29. The van der Waals surface area contributed by atoms with Gasteiger partial charge in [-0.25, -0.2) is 22.5 Å². The van der Waals surface area contributed by atoms with Crippen molar-refractivity contribution in [3.05, 3.63) is 34.5 Å². The number of nitrogens with zero attached hydrogens (tertiary/aromatic N) is 1. The van der Waals surface area contributed by atoms with Crippen LogP contribution in [0.15, 0.2) is 23.1 Å². The number of halogens is 4. The van der Waals surface area contributed by atoms with Gasteiger partial charge in [-0.1, -0.05) is 25.3 Å². The highest BCUT2D eigenvalue weighted by Crippen LogP contribution is 2.42. The van der Waals surface area contributed by atoms with E-state index in [4.69, 9.17) is 4.74 Å². The molecule has 40 heavy (non-hydrogen) atoms. The minimum absolute atomic E-state index is 0.0237. The van der Waals surface area contributed by atoms with Crippen molar-refractivity contribution in [3.63, 3.8) is 0 Å². The van der Waals surface area contributed by atoms with Gasteiger partial charge in [0.15, 0.2) is 5.01 Å². The number of aromatic nitrogens is 1. The van der Waals surface area contributed by atoms with Crippen LogP contribution in [-0.2, 0) is 27.4 Å². The molecule has 222 valence electrons. The number of alkyl halides is 4. The zero-order chi connectivity index (χ0) is 29.3. The number of benzene rings is 1. The van der Waals surface area contributed by atoms with Crippen molar-refractivity contribution in [2.45, 2.75) is 100 Å². The van der Waals surface area contributed by atoms with Gasteiger partial charge in [0.25, 0.3) is 5.91 Å². The summed E-state index contributed by atoms with van der Waals surface area (Å²) in [5.41, 5.74) is -3.71. The molecule has 0 atom stereocenters. The maximum atomic E-state index is 15.8. The van der Waals surface area contributed by atoms with Gasteiger partial charge in [0.2, 0.25) is 10.0 Å². The van der Waals surface area contributed by atoms with Gasteiger partial charge in [-0.15, -0.1) is 11.3 Å². The molecule has 1 saturated heterocycles. The third kappa shape index (κ3) is 7.59. The molecule has 1 amide bonds. The number of rotatable bonds is 7. The molecule has 1 aromatic carbocycles. The van der Waals surface area contributed by atoms with Crippen LogP contribution in [0.2, 0.25) is 0 Å². The van der Waals surface area contributed by atoms with Crippen LogP contribution in [0, 0.1) is 0 Å². The summed E-state index contributed by atoms with van der Waals surface area (Å²) in [5, 5.41) is 2.92. The average Bonchev–Trinajstić information content (AvgIpc) is 3.26. The molecule has 0 spiro atoms. The summed E-state index contributed by atoms with van der Waals surface area (Å²) in [4.78, 5) is 16.8. The van der Waals surface area contributed by atoms with Crippen molar-refractivity contribution in [1.82, 2.24) is 15.0 Å². The van der Waals surface area contributed by atoms with Crippen molar-refractivity contribution in [2.75, 3.05) is 13.2 Å². The number of sulfonamides is 1. The van der Waals surface area contributed by atoms with Gasteiger partial charge in [0.05, 0.1) is 21.0 Å². The lowest BCUT2D eigenvalue weighted by atomic mass is 9.83. The van der Waals surface area contributed by atoms with E-state index in [9.17, 15) is 26.4 Å². The molecule has 13 heteroatoms. The molecule has 0 unspecified atom stereocenters. The van der Waals surface area contributed by atoms with Crippen molar-refractivity contribution in [3.8, 4) is 10.4 Å². The molecular weight excluding hydrogens is 570 g/mol. The maximum Gasteiger partial charge on any atom is 0.417 e. The zero-order valence-corrected chi connectivity index (χ0v) is 24.4. The van der Waals surface area contributed by atoms with Crippen LogP contribution in [0.4, 0.5) is 17.6 Å². The number of nitrogens with one attached hydrogen (secondary N) is 2. The smallest absolute Gasteiger partial charge is 0.381 e. The fourth-order valence-corrected chi connectivity index (χ4v) is 7.74. The molecule has 7 nitrogen and oxygen atoms in total. The molecule has 2 N–H and O–H groups in total. The van der Waals surface area contributed by atoms with E-state index in [1.165, 1.54) is 26.8 Å². The summed E-state index contributed by atoms with van der Waals surface area (Å²) in [5.74, 6) is -0.481. The third-order valence-electron chi connectivity index (χ3n) is 6.96. The van der Waals surface area contributed by atoms with E-state index in [0.29, 0.717) is 51.7 Å². The quantitative estimate of drug-likeness (QED) is 0.376. The Balaban J connectivity index is 1.77. The van der Waals surface area contributed by atoms with Crippen LogP contribution in [0.25, 0.3) is 10.4 Å². The Morgan fingerprint density at radius 3 is 2.38 bits per heavy atom. The van der Waals surface area contributed by atoms with Gasteiger partial charge in [0, 0.05) is 31.2 Å². The summed E-state index contributed by atoms with van der Waals surface area (Å²) in [7, 11) is -4.51. The zero-order valence-electron chi connectivity index (χ0n) is 22.8. The number of amides is 1. The maximum absolute atomic E-state index is 15.8. The fourth-order valence-electron chi connectivity index (χ4n) is 5.13. The van der Waals surface area contributed by atoms with Crippen LogP contribution >= 0.6 is 11.3 Å². The first-order chi connectivity index (χ1) is 18.6. The monoisotopic (exact) mass is 605 g/mol. The molecule has 1 aliphatic carbocycles. The summed E-state index contributed by atoms with van der Waals surface area (Å²) in [6, 6.07) is 2.79. The normalized spacial score (nSPS) is 19.0. The summed E-state index contributed by atoms with van der Waals surface area (Å²) in [6.07, 6.45) is -0.990. The molecule has 2 heterocycles. The summed E-state index contributed by atoms with van der Waals surface area (Å²) >= 11 is 0.886. The Kier molecular flexibility index (Phi) is 8.99. The van der Waals surface area contributed by atoms with Gasteiger partial charge in [-0.3, -0.25) is 4.79 Å². The SMILES string of the molecule is CC(C)(C)NS(=O)(=O)c1ccc(-c2sc(C(=O)NC3CCOCC3)nc2CC2(F)CCCCC2)cc1C(F)(F)F. The van der Waals surface area contributed by atoms with Gasteiger partial charge < -0.3 is 10.1 Å². The highest BCUT2D eigenvalue weighted by Gasteiger charge is 2.40. The van der Waals surface area contributed by atoms with Crippen LogP contribution in [0.1, 0.15) is 86.8 Å². The molecule has 1 saturated carbocycles. The molecule has 2 aromatic rings. The molecule has 0 radical (unpaired) electrons. The predicted octanol–water partition coefficient (Wildman–Crippen LogP) is 6.03. The van der Waals surface area contributed by atoms with Gasteiger partial charge in [-0.05, 0) is 64.2 Å². The Labute approximate surface area is 236 Å². The van der Waals surface area contributed by atoms with E-state index in [2.05, 4.69) is 15.0 Å². The Hall–Kier alpha value is -2.09. The van der Waals surface area contributed by atoms with E-state index >= 15 is 4.39 Å². The first-order valence-electron chi connectivity index (χ1n) is 13.4. The fraction of sp³-hybridized carbons (Fsp3) is 0.630. The highest BCUT2D eigenvalue weighted by atomic mass is 32.2. The van der Waals surface area contributed by atoms with Crippen molar-refractivity contribution in [2.24, 2.45) is 0 Å².